The highest BCUT2D eigenvalue weighted by Gasteiger charge is 2.18. The Morgan fingerprint density at radius 1 is 1.29 bits per heavy atom. The van der Waals surface area contributed by atoms with Crippen molar-refractivity contribution in [3.05, 3.63) is 34.5 Å². The summed E-state index contributed by atoms with van der Waals surface area (Å²) >= 11 is 0. The number of aromatic nitrogens is 3. The normalized spacial score (nSPS) is 17.4. The number of H-pyrrole nitrogens is 1. The zero-order chi connectivity index (χ0) is 11.7. The predicted molar refractivity (Wildman–Crippen MR) is 65.0 cm³/mol. The number of hydrogen-bond donors (Lipinski definition) is 2. The summed E-state index contributed by atoms with van der Waals surface area (Å²) in [6.45, 7) is 1.96. The molecule has 0 radical (unpaired) electrons. The summed E-state index contributed by atoms with van der Waals surface area (Å²) in [5, 5.41) is 3.86. The SMILES string of the molecule is O=c1[nH]c(C2CCNCC2)nc2ncccc12. The van der Waals surface area contributed by atoms with Crippen molar-refractivity contribution in [1.29, 1.82) is 0 Å². The molecule has 0 bridgehead atoms. The van der Waals surface area contributed by atoms with Crippen LogP contribution in [0.2, 0.25) is 0 Å². The minimum absolute atomic E-state index is 0.0865. The van der Waals surface area contributed by atoms with Crippen LogP contribution in [0.3, 0.4) is 0 Å². The van der Waals surface area contributed by atoms with E-state index in [2.05, 4.69) is 20.3 Å². The molecule has 0 spiro atoms. The lowest BCUT2D eigenvalue weighted by Gasteiger charge is -2.21. The van der Waals surface area contributed by atoms with E-state index < -0.39 is 0 Å². The third-order valence-corrected chi connectivity index (χ3v) is 3.23. The van der Waals surface area contributed by atoms with Gasteiger partial charge in [0.2, 0.25) is 0 Å². The molecule has 0 atom stereocenters. The molecule has 17 heavy (non-hydrogen) atoms. The quantitative estimate of drug-likeness (QED) is 0.759. The second-order valence-corrected chi connectivity index (χ2v) is 4.35. The minimum Gasteiger partial charge on any atom is -0.317 e. The number of nitrogens with zero attached hydrogens (tertiary/aromatic N) is 2. The number of piperidine rings is 1. The Balaban J connectivity index is 2.08. The van der Waals surface area contributed by atoms with E-state index in [1.54, 1.807) is 18.3 Å². The van der Waals surface area contributed by atoms with Crippen molar-refractivity contribution in [2.75, 3.05) is 13.1 Å². The Morgan fingerprint density at radius 2 is 2.12 bits per heavy atom. The number of rotatable bonds is 1. The molecule has 2 aromatic heterocycles. The Bertz CT molecular complexity index is 586. The van der Waals surface area contributed by atoms with Gasteiger partial charge in [-0.1, -0.05) is 0 Å². The third-order valence-electron chi connectivity index (χ3n) is 3.23. The molecule has 1 fully saturated rings. The number of aromatic amines is 1. The molecule has 1 aliphatic rings. The van der Waals surface area contributed by atoms with Crippen molar-refractivity contribution in [3.8, 4) is 0 Å². The number of fused-ring (bicyclic) bond motifs is 1. The molecule has 3 rings (SSSR count). The van der Waals surface area contributed by atoms with Crippen LogP contribution in [0.4, 0.5) is 0 Å². The van der Waals surface area contributed by atoms with Crippen molar-refractivity contribution in [3.63, 3.8) is 0 Å². The molecule has 5 heteroatoms. The van der Waals surface area contributed by atoms with E-state index >= 15 is 0 Å². The van der Waals surface area contributed by atoms with Gasteiger partial charge in [0, 0.05) is 12.1 Å². The number of hydrogen-bond acceptors (Lipinski definition) is 4. The molecule has 1 aliphatic heterocycles. The molecule has 0 amide bonds. The summed E-state index contributed by atoms with van der Waals surface area (Å²) in [5.41, 5.74) is 0.460. The average Bonchev–Trinajstić information content (AvgIpc) is 2.40. The van der Waals surface area contributed by atoms with Crippen molar-refractivity contribution in [2.24, 2.45) is 0 Å². The van der Waals surface area contributed by atoms with Gasteiger partial charge in [0.05, 0.1) is 5.39 Å². The molecular formula is C12H14N4O. The first-order valence-corrected chi connectivity index (χ1v) is 5.90. The van der Waals surface area contributed by atoms with Gasteiger partial charge in [-0.2, -0.15) is 0 Å². The molecule has 2 N–H and O–H groups in total. The number of pyridine rings is 1. The van der Waals surface area contributed by atoms with Gasteiger partial charge < -0.3 is 10.3 Å². The summed E-state index contributed by atoms with van der Waals surface area (Å²) in [5.74, 6) is 1.12. The van der Waals surface area contributed by atoms with E-state index in [1.807, 2.05) is 0 Å². The Labute approximate surface area is 98.3 Å². The second-order valence-electron chi connectivity index (χ2n) is 4.35. The lowest BCUT2D eigenvalue weighted by Crippen LogP contribution is -2.28. The van der Waals surface area contributed by atoms with Crippen molar-refractivity contribution in [2.45, 2.75) is 18.8 Å². The van der Waals surface area contributed by atoms with Crippen molar-refractivity contribution in [1.82, 2.24) is 20.3 Å². The van der Waals surface area contributed by atoms with Crippen molar-refractivity contribution < 1.29 is 0 Å². The zero-order valence-corrected chi connectivity index (χ0v) is 9.44. The lowest BCUT2D eigenvalue weighted by molar-refractivity contribution is 0.445. The molecule has 5 nitrogen and oxygen atoms in total. The highest BCUT2D eigenvalue weighted by Crippen LogP contribution is 2.21. The molecular weight excluding hydrogens is 216 g/mol. The Hall–Kier alpha value is -1.75. The average molecular weight is 230 g/mol. The first-order valence-electron chi connectivity index (χ1n) is 5.90. The smallest absolute Gasteiger partial charge is 0.260 e. The summed E-state index contributed by atoms with van der Waals surface area (Å²) in [6.07, 6.45) is 3.70. The molecule has 1 saturated heterocycles. The van der Waals surface area contributed by atoms with Gasteiger partial charge in [-0.15, -0.1) is 0 Å². The van der Waals surface area contributed by atoms with E-state index in [1.165, 1.54) is 0 Å². The van der Waals surface area contributed by atoms with Gasteiger partial charge in [-0.25, -0.2) is 9.97 Å². The van der Waals surface area contributed by atoms with E-state index in [0.717, 1.165) is 31.8 Å². The highest BCUT2D eigenvalue weighted by atomic mass is 16.1. The van der Waals surface area contributed by atoms with Gasteiger partial charge in [-0.3, -0.25) is 4.79 Å². The van der Waals surface area contributed by atoms with Gasteiger partial charge in [0.1, 0.15) is 5.82 Å². The predicted octanol–water partition coefficient (Wildman–Crippen LogP) is 0.785. The maximum Gasteiger partial charge on any atom is 0.260 e. The summed E-state index contributed by atoms with van der Waals surface area (Å²) in [4.78, 5) is 23.4. The van der Waals surface area contributed by atoms with Crippen LogP contribution in [0.25, 0.3) is 11.0 Å². The fraction of sp³-hybridized carbons (Fsp3) is 0.417. The molecule has 0 aliphatic carbocycles. The Morgan fingerprint density at radius 3 is 2.94 bits per heavy atom. The van der Waals surface area contributed by atoms with Gasteiger partial charge in [0.25, 0.3) is 5.56 Å². The third kappa shape index (κ3) is 1.93. The monoisotopic (exact) mass is 230 g/mol. The lowest BCUT2D eigenvalue weighted by atomic mass is 9.97. The summed E-state index contributed by atoms with van der Waals surface area (Å²) < 4.78 is 0. The van der Waals surface area contributed by atoms with Crippen LogP contribution < -0.4 is 10.9 Å². The Kier molecular flexibility index (Phi) is 2.60. The largest absolute Gasteiger partial charge is 0.317 e. The van der Waals surface area contributed by atoms with E-state index in [0.29, 0.717) is 17.0 Å². The standard InChI is InChI=1S/C12H14N4O/c17-12-9-2-1-5-14-11(9)15-10(16-12)8-3-6-13-7-4-8/h1-2,5,8,13H,3-4,6-7H2,(H,14,15,16,17). The van der Waals surface area contributed by atoms with Gasteiger partial charge in [0.15, 0.2) is 5.65 Å². The molecule has 3 heterocycles. The molecule has 0 aromatic carbocycles. The number of nitrogens with one attached hydrogen (secondary N) is 2. The maximum absolute atomic E-state index is 11.9. The van der Waals surface area contributed by atoms with Crippen molar-refractivity contribution >= 4 is 11.0 Å². The fourth-order valence-electron chi connectivity index (χ4n) is 2.28. The summed E-state index contributed by atoms with van der Waals surface area (Å²) in [7, 11) is 0. The van der Waals surface area contributed by atoms with E-state index in [4.69, 9.17) is 0 Å². The van der Waals surface area contributed by atoms with Gasteiger partial charge >= 0.3 is 0 Å². The van der Waals surface area contributed by atoms with Crippen LogP contribution in [0.1, 0.15) is 24.6 Å². The van der Waals surface area contributed by atoms with Crippen LogP contribution in [0, 0.1) is 0 Å². The molecule has 0 unspecified atom stereocenters. The van der Waals surface area contributed by atoms with Crippen LogP contribution in [0.5, 0.6) is 0 Å². The summed E-state index contributed by atoms with van der Waals surface area (Å²) in [6, 6.07) is 3.50. The first-order chi connectivity index (χ1) is 8.34. The van der Waals surface area contributed by atoms with Gasteiger partial charge in [-0.05, 0) is 38.1 Å². The van der Waals surface area contributed by atoms with Crippen LogP contribution in [-0.4, -0.2) is 28.0 Å². The maximum atomic E-state index is 11.9. The minimum atomic E-state index is -0.0865. The molecule has 0 saturated carbocycles. The van der Waals surface area contributed by atoms with E-state index in [9.17, 15) is 4.79 Å². The first kappa shape index (κ1) is 10.4. The zero-order valence-electron chi connectivity index (χ0n) is 9.44. The second kappa shape index (κ2) is 4.25. The topological polar surface area (TPSA) is 70.7 Å². The van der Waals surface area contributed by atoms with Crippen LogP contribution in [0.15, 0.2) is 23.1 Å². The van der Waals surface area contributed by atoms with E-state index in [-0.39, 0.29) is 5.56 Å². The fourth-order valence-corrected chi connectivity index (χ4v) is 2.28. The molecule has 88 valence electrons. The van der Waals surface area contributed by atoms with Crippen LogP contribution in [-0.2, 0) is 0 Å². The van der Waals surface area contributed by atoms with Crippen LogP contribution >= 0.6 is 0 Å². The molecule has 2 aromatic rings. The highest BCUT2D eigenvalue weighted by molar-refractivity contribution is 5.72.